The molecule has 0 radical (unpaired) electrons. The van der Waals surface area contributed by atoms with Gasteiger partial charge in [-0.2, -0.15) is 0 Å². The molecule has 1 aromatic carbocycles. The van der Waals surface area contributed by atoms with E-state index in [9.17, 15) is 4.79 Å². The maximum Gasteiger partial charge on any atom is 0.249 e. The zero-order valence-corrected chi connectivity index (χ0v) is 8.18. The van der Waals surface area contributed by atoms with Crippen LogP contribution in [0.2, 0.25) is 5.02 Å². The van der Waals surface area contributed by atoms with Crippen molar-refractivity contribution in [2.45, 2.75) is 6.92 Å². The van der Waals surface area contributed by atoms with Crippen molar-refractivity contribution in [1.82, 2.24) is 0 Å². The molecule has 0 saturated carbocycles. The SMILES string of the molecule is COc1cc(Cl)c(C)c(C(N)=O)c1. The molecule has 0 saturated heterocycles. The van der Waals surface area contributed by atoms with Crippen molar-refractivity contribution in [3.05, 3.63) is 28.3 Å². The number of primary amides is 1. The normalized spacial score (nSPS) is 9.77. The Hall–Kier alpha value is -1.22. The average Bonchev–Trinajstić information content (AvgIpc) is 2.09. The summed E-state index contributed by atoms with van der Waals surface area (Å²) in [7, 11) is 1.51. The fraction of sp³-hybridized carbons (Fsp3) is 0.222. The number of amides is 1. The number of rotatable bonds is 2. The molecule has 0 unspecified atom stereocenters. The molecule has 0 bridgehead atoms. The highest BCUT2D eigenvalue weighted by atomic mass is 35.5. The Morgan fingerprint density at radius 3 is 2.62 bits per heavy atom. The Morgan fingerprint density at radius 2 is 2.15 bits per heavy atom. The first-order chi connectivity index (χ1) is 6.06. The van der Waals surface area contributed by atoms with Gasteiger partial charge in [-0.05, 0) is 24.6 Å². The van der Waals surface area contributed by atoms with Crippen molar-refractivity contribution in [3.63, 3.8) is 0 Å². The molecule has 0 aliphatic carbocycles. The molecule has 0 spiro atoms. The van der Waals surface area contributed by atoms with Gasteiger partial charge in [-0.15, -0.1) is 0 Å². The monoisotopic (exact) mass is 199 g/mol. The van der Waals surface area contributed by atoms with E-state index in [1.165, 1.54) is 7.11 Å². The fourth-order valence-electron chi connectivity index (χ4n) is 1.03. The molecule has 0 atom stereocenters. The molecule has 0 heterocycles. The summed E-state index contributed by atoms with van der Waals surface area (Å²) in [5.41, 5.74) is 6.22. The molecule has 3 nitrogen and oxygen atoms in total. The zero-order chi connectivity index (χ0) is 10.0. The van der Waals surface area contributed by atoms with E-state index in [1.54, 1.807) is 19.1 Å². The number of ether oxygens (including phenoxy) is 1. The second kappa shape index (κ2) is 3.66. The number of hydrogen-bond acceptors (Lipinski definition) is 2. The van der Waals surface area contributed by atoms with Gasteiger partial charge in [0.25, 0.3) is 0 Å². The lowest BCUT2D eigenvalue weighted by Crippen LogP contribution is -2.13. The molecule has 2 N–H and O–H groups in total. The van der Waals surface area contributed by atoms with Crippen molar-refractivity contribution >= 4 is 17.5 Å². The molecule has 13 heavy (non-hydrogen) atoms. The van der Waals surface area contributed by atoms with E-state index in [1.807, 2.05) is 0 Å². The summed E-state index contributed by atoms with van der Waals surface area (Å²) in [5, 5.41) is 0.480. The third kappa shape index (κ3) is 1.92. The van der Waals surface area contributed by atoms with E-state index in [0.29, 0.717) is 21.9 Å². The van der Waals surface area contributed by atoms with Gasteiger partial charge in [-0.3, -0.25) is 4.79 Å². The third-order valence-electron chi connectivity index (χ3n) is 1.82. The van der Waals surface area contributed by atoms with E-state index in [4.69, 9.17) is 22.1 Å². The molecule has 4 heteroatoms. The van der Waals surface area contributed by atoms with Gasteiger partial charge in [0.15, 0.2) is 0 Å². The van der Waals surface area contributed by atoms with Crippen LogP contribution in [0.5, 0.6) is 5.75 Å². The van der Waals surface area contributed by atoms with Crippen molar-refractivity contribution in [2.75, 3.05) is 7.11 Å². The first-order valence-electron chi connectivity index (χ1n) is 3.70. The van der Waals surface area contributed by atoms with Crippen molar-refractivity contribution in [2.24, 2.45) is 5.73 Å². The van der Waals surface area contributed by atoms with Gasteiger partial charge in [-0.25, -0.2) is 0 Å². The predicted octanol–water partition coefficient (Wildman–Crippen LogP) is 1.76. The molecule has 0 aliphatic rings. The number of carbonyl (C=O) groups is 1. The van der Waals surface area contributed by atoms with Crippen LogP contribution in [-0.2, 0) is 0 Å². The summed E-state index contributed by atoms with van der Waals surface area (Å²) in [6.07, 6.45) is 0. The van der Waals surface area contributed by atoms with Gasteiger partial charge in [0.2, 0.25) is 5.91 Å². The second-order valence-electron chi connectivity index (χ2n) is 2.65. The van der Waals surface area contributed by atoms with Crippen LogP contribution < -0.4 is 10.5 Å². The summed E-state index contributed by atoms with van der Waals surface area (Å²) < 4.78 is 4.95. The Balaban J connectivity index is 3.33. The molecular weight excluding hydrogens is 190 g/mol. The van der Waals surface area contributed by atoms with Crippen LogP contribution in [0.15, 0.2) is 12.1 Å². The Kier molecular flexibility index (Phi) is 2.78. The zero-order valence-electron chi connectivity index (χ0n) is 7.43. The van der Waals surface area contributed by atoms with Crippen molar-refractivity contribution in [1.29, 1.82) is 0 Å². The predicted molar refractivity (Wildman–Crippen MR) is 51.3 cm³/mol. The molecule has 1 rings (SSSR count). The third-order valence-corrected chi connectivity index (χ3v) is 2.21. The van der Waals surface area contributed by atoms with E-state index in [2.05, 4.69) is 0 Å². The summed E-state index contributed by atoms with van der Waals surface area (Å²) in [6, 6.07) is 3.22. The lowest BCUT2D eigenvalue weighted by atomic mass is 10.1. The Labute approximate surface area is 81.4 Å². The fourth-order valence-corrected chi connectivity index (χ4v) is 1.24. The molecule has 0 fully saturated rings. The summed E-state index contributed by atoms with van der Waals surface area (Å²) >= 11 is 5.85. The number of benzene rings is 1. The molecule has 1 aromatic rings. The largest absolute Gasteiger partial charge is 0.497 e. The highest BCUT2D eigenvalue weighted by Crippen LogP contribution is 2.25. The maximum absolute atomic E-state index is 11.0. The number of halogens is 1. The highest BCUT2D eigenvalue weighted by Gasteiger charge is 2.10. The van der Waals surface area contributed by atoms with Crippen LogP contribution in [0.4, 0.5) is 0 Å². The van der Waals surface area contributed by atoms with Crippen LogP contribution in [0, 0.1) is 6.92 Å². The maximum atomic E-state index is 11.0. The van der Waals surface area contributed by atoms with E-state index < -0.39 is 5.91 Å². The minimum atomic E-state index is -0.502. The van der Waals surface area contributed by atoms with Gasteiger partial charge in [0.1, 0.15) is 5.75 Å². The molecule has 0 aromatic heterocycles. The summed E-state index contributed by atoms with van der Waals surface area (Å²) in [4.78, 5) is 11.0. The lowest BCUT2D eigenvalue weighted by Gasteiger charge is -2.07. The van der Waals surface area contributed by atoms with Crippen molar-refractivity contribution < 1.29 is 9.53 Å². The van der Waals surface area contributed by atoms with Gasteiger partial charge >= 0.3 is 0 Å². The molecular formula is C9H10ClNO2. The van der Waals surface area contributed by atoms with Gasteiger partial charge < -0.3 is 10.5 Å². The standard InChI is InChI=1S/C9H10ClNO2/c1-5-7(9(11)12)3-6(13-2)4-8(5)10/h3-4H,1-2H3,(H2,11,12). The number of nitrogens with two attached hydrogens (primary N) is 1. The summed E-state index contributed by atoms with van der Waals surface area (Å²) in [5.74, 6) is 0.0303. The lowest BCUT2D eigenvalue weighted by molar-refractivity contribution is 0.0999. The first kappa shape index (κ1) is 9.86. The topological polar surface area (TPSA) is 52.3 Å². The second-order valence-corrected chi connectivity index (χ2v) is 3.05. The molecule has 0 aliphatic heterocycles. The number of carbonyl (C=O) groups excluding carboxylic acids is 1. The Morgan fingerprint density at radius 1 is 1.54 bits per heavy atom. The first-order valence-corrected chi connectivity index (χ1v) is 4.08. The molecule has 1 amide bonds. The molecule has 70 valence electrons. The summed E-state index contributed by atoms with van der Waals surface area (Å²) in [6.45, 7) is 1.74. The van der Waals surface area contributed by atoms with E-state index >= 15 is 0 Å². The van der Waals surface area contributed by atoms with Crippen molar-refractivity contribution in [3.8, 4) is 5.75 Å². The smallest absolute Gasteiger partial charge is 0.249 e. The van der Waals surface area contributed by atoms with Crippen LogP contribution in [0.25, 0.3) is 0 Å². The highest BCUT2D eigenvalue weighted by molar-refractivity contribution is 6.32. The average molecular weight is 200 g/mol. The van der Waals surface area contributed by atoms with E-state index in [-0.39, 0.29) is 0 Å². The van der Waals surface area contributed by atoms with Gasteiger partial charge in [-0.1, -0.05) is 11.6 Å². The van der Waals surface area contributed by atoms with Crippen LogP contribution >= 0.6 is 11.6 Å². The van der Waals surface area contributed by atoms with E-state index in [0.717, 1.165) is 0 Å². The minimum absolute atomic E-state index is 0.393. The number of hydrogen-bond donors (Lipinski definition) is 1. The van der Waals surface area contributed by atoms with Gasteiger partial charge in [0, 0.05) is 10.6 Å². The van der Waals surface area contributed by atoms with Crippen LogP contribution in [0.1, 0.15) is 15.9 Å². The van der Waals surface area contributed by atoms with Crippen LogP contribution in [0.3, 0.4) is 0 Å². The minimum Gasteiger partial charge on any atom is -0.497 e. The van der Waals surface area contributed by atoms with Gasteiger partial charge in [0.05, 0.1) is 7.11 Å². The number of methoxy groups -OCH3 is 1. The quantitative estimate of drug-likeness (QED) is 0.789. The van der Waals surface area contributed by atoms with Crippen LogP contribution in [-0.4, -0.2) is 13.0 Å². The Bertz CT molecular complexity index is 350.